The fourth-order valence-electron chi connectivity index (χ4n) is 13.2. The van der Waals surface area contributed by atoms with Gasteiger partial charge in [-0.05, 0) is 124 Å². The van der Waals surface area contributed by atoms with E-state index in [2.05, 4.69) is 47.9 Å². The van der Waals surface area contributed by atoms with Crippen molar-refractivity contribution in [2.75, 3.05) is 26.4 Å². The maximum atomic E-state index is 6.40. The van der Waals surface area contributed by atoms with Crippen LogP contribution in [-0.4, -0.2) is 26.4 Å². The Kier molecular flexibility index (Phi) is 7.65. The lowest BCUT2D eigenvalue weighted by atomic mass is 9.29. The van der Waals surface area contributed by atoms with E-state index in [1.54, 1.807) is 0 Å². The molecule has 4 heteroatoms. The molecule has 2 atom stereocenters. The van der Waals surface area contributed by atoms with E-state index in [-0.39, 0.29) is 42.7 Å². The fourth-order valence-corrected chi connectivity index (χ4v) is 13.2. The largest absolute Gasteiger partial charge is 0.481 e. The first kappa shape index (κ1) is 31.2. The van der Waals surface area contributed by atoms with E-state index >= 15 is 0 Å². The Bertz CT molecular complexity index is 1620. The van der Waals surface area contributed by atoms with Crippen LogP contribution in [0.1, 0.15) is 88.2 Å². The first-order chi connectivity index (χ1) is 23.4. The first-order valence-electron chi connectivity index (χ1n) is 17.9. The fraction of sp³-hybridized carbons (Fsp3) is 0.545. The van der Waals surface area contributed by atoms with Crippen LogP contribution in [0.15, 0.2) is 36.4 Å². The van der Waals surface area contributed by atoms with Crippen molar-refractivity contribution in [2.45, 2.75) is 87.9 Å². The minimum atomic E-state index is -0.0701. The second kappa shape index (κ2) is 11.8. The third-order valence-electron chi connectivity index (χ3n) is 13.5. The molecule has 8 aliphatic carbocycles. The predicted octanol–water partition coefficient (Wildman–Crippen LogP) is 8.11. The number of rotatable bonds is 11. The zero-order valence-corrected chi connectivity index (χ0v) is 28.0. The van der Waals surface area contributed by atoms with Gasteiger partial charge in [0.15, 0.2) is 0 Å². The van der Waals surface area contributed by atoms with Crippen molar-refractivity contribution < 1.29 is 18.9 Å². The SMILES string of the molecule is C#CCOc1ccc(C23CC4CC(c5ccc(OCC#C)cc5OCC#C)(C2)CC(C25CC6CC(CC(C6)C2)C5)(C4)C3)c(OCC#C)c1. The van der Waals surface area contributed by atoms with Gasteiger partial charge in [0.25, 0.3) is 0 Å². The molecule has 4 nitrogen and oxygen atoms in total. The predicted molar refractivity (Wildman–Crippen MR) is 188 cm³/mol. The third-order valence-corrected chi connectivity index (χ3v) is 13.5. The van der Waals surface area contributed by atoms with Crippen LogP contribution in [0.2, 0.25) is 0 Å². The van der Waals surface area contributed by atoms with Crippen LogP contribution >= 0.6 is 0 Å². The highest BCUT2D eigenvalue weighted by atomic mass is 16.5. The zero-order valence-electron chi connectivity index (χ0n) is 28.0. The topological polar surface area (TPSA) is 36.9 Å². The molecule has 8 bridgehead atoms. The van der Waals surface area contributed by atoms with Gasteiger partial charge in [-0.3, -0.25) is 0 Å². The molecule has 2 unspecified atom stereocenters. The lowest BCUT2D eigenvalue weighted by molar-refractivity contribution is -0.213. The normalized spacial score (nSPS) is 36.3. The molecule has 8 saturated carbocycles. The van der Waals surface area contributed by atoms with Gasteiger partial charge in [-0.25, -0.2) is 0 Å². The van der Waals surface area contributed by atoms with Crippen molar-refractivity contribution in [3.63, 3.8) is 0 Å². The molecule has 0 spiro atoms. The van der Waals surface area contributed by atoms with E-state index in [0.717, 1.165) is 48.5 Å². The Morgan fingerprint density at radius 1 is 0.500 bits per heavy atom. The molecule has 2 aromatic rings. The monoisotopic (exact) mass is 638 g/mol. The van der Waals surface area contributed by atoms with Crippen LogP contribution < -0.4 is 18.9 Å². The average molecular weight is 639 g/mol. The summed E-state index contributed by atoms with van der Waals surface area (Å²) in [7, 11) is 0. The minimum absolute atomic E-state index is 0.0701. The molecule has 48 heavy (non-hydrogen) atoms. The van der Waals surface area contributed by atoms with Gasteiger partial charge in [-0.2, -0.15) is 0 Å². The molecular weight excluding hydrogens is 592 g/mol. The second-order valence-electron chi connectivity index (χ2n) is 16.3. The van der Waals surface area contributed by atoms with Gasteiger partial charge in [0.1, 0.15) is 49.4 Å². The molecular formula is C44H46O4. The molecule has 10 rings (SSSR count). The Hall–Kier alpha value is -4.12. The lowest BCUT2D eigenvalue weighted by Gasteiger charge is -2.75. The Balaban J connectivity index is 1.29. The van der Waals surface area contributed by atoms with E-state index in [0.29, 0.717) is 22.8 Å². The molecule has 0 N–H and O–H groups in total. The number of benzene rings is 2. The molecule has 0 radical (unpaired) electrons. The van der Waals surface area contributed by atoms with Crippen LogP contribution in [0.5, 0.6) is 23.0 Å². The molecule has 246 valence electrons. The number of hydrogen-bond donors (Lipinski definition) is 0. The summed E-state index contributed by atoms with van der Waals surface area (Å²) in [6.07, 6.45) is 38.2. The van der Waals surface area contributed by atoms with Gasteiger partial charge in [0.05, 0.1) is 0 Å². The first-order valence-corrected chi connectivity index (χ1v) is 17.9. The third kappa shape index (κ3) is 4.95. The standard InChI is InChI=1S/C44H46O4/c1-5-13-45-35-9-11-37(39(20-35)47-15-7-3)41-22-34-23-42(28-41,38-12-10-36(46-14-6-2)21-40(38)48-16-8-4)30-44(27-34,29-41)43-24-31-17-32(25-43)19-33(18-31)26-43/h1-4,9-12,20-21,31-34H,13-19,22-30H2. The Labute approximate surface area is 287 Å². The summed E-state index contributed by atoms with van der Waals surface area (Å²) in [4.78, 5) is 0. The van der Waals surface area contributed by atoms with E-state index in [9.17, 15) is 0 Å². The maximum Gasteiger partial charge on any atom is 0.148 e. The van der Waals surface area contributed by atoms with Gasteiger partial charge in [0, 0.05) is 34.1 Å². The van der Waals surface area contributed by atoms with Crippen molar-refractivity contribution in [1.82, 2.24) is 0 Å². The minimum Gasteiger partial charge on any atom is -0.481 e. The summed E-state index contributed by atoms with van der Waals surface area (Å²) in [5, 5.41) is 0. The van der Waals surface area contributed by atoms with Crippen LogP contribution in [0, 0.1) is 83.9 Å². The van der Waals surface area contributed by atoms with Crippen LogP contribution in [0.25, 0.3) is 0 Å². The summed E-state index contributed by atoms with van der Waals surface area (Å²) < 4.78 is 24.6. The van der Waals surface area contributed by atoms with E-state index in [1.165, 1.54) is 68.9 Å². The Morgan fingerprint density at radius 3 is 1.35 bits per heavy atom. The maximum absolute atomic E-state index is 6.40. The summed E-state index contributed by atoms with van der Waals surface area (Å²) in [5.74, 6) is 17.0. The molecule has 8 fully saturated rings. The molecule has 0 heterocycles. The van der Waals surface area contributed by atoms with Crippen molar-refractivity contribution in [3.8, 4) is 72.4 Å². The van der Waals surface area contributed by atoms with Gasteiger partial charge >= 0.3 is 0 Å². The second-order valence-corrected chi connectivity index (χ2v) is 16.3. The molecule has 0 aliphatic heterocycles. The molecule has 0 saturated heterocycles. The lowest BCUT2D eigenvalue weighted by Crippen LogP contribution is -2.67. The van der Waals surface area contributed by atoms with Gasteiger partial charge < -0.3 is 18.9 Å². The molecule has 8 aliphatic rings. The summed E-state index contributed by atoms with van der Waals surface area (Å²) in [6, 6.07) is 12.7. The molecule has 0 aromatic heterocycles. The van der Waals surface area contributed by atoms with Crippen LogP contribution in [0.3, 0.4) is 0 Å². The zero-order chi connectivity index (χ0) is 33.0. The van der Waals surface area contributed by atoms with Gasteiger partial charge in [-0.1, -0.05) is 35.8 Å². The van der Waals surface area contributed by atoms with Gasteiger partial charge in [0.2, 0.25) is 0 Å². The van der Waals surface area contributed by atoms with Crippen molar-refractivity contribution >= 4 is 0 Å². The molecule has 2 aromatic carbocycles. The Morgan fingerprint density at radius 2 is 0.917 bits per heavy atom. The summed E-state index contributed by atoms with van der Waals surface area (Å²) in [6.45, 7) is 0.834. The highest BCUT2D eigenvalue weighted by Crippen LogP contribution is 2.80. The number of ether oxygens (including phenoxy) is 4. The molecule has 0 amide bonds. The smallest absolute Gasteiger partial charge is 0.148 e. The van der Waals surface area contributed by atoms with Crippen LogP contribution in [-0.2, 0) is 10.8 Å². The van der Waals surface area contributed by atoms with Gasteiger partial charge in [-0.15, -0.1) is 25.7 Å². The highest BCUT2D eigenvalue weighted by Gasteiger charge is 2.71. The summed E-state index contributed by atoms with van der Waals surface area (Å²) >= 11 is 0. The average Bonchev–Trinajstić information content (AvgIpc) is 3.06. The number of hydrogen-bond acceptors (Lipinski definition) is 4. The van der Waals surface area contributed by atoms with Crippen LogP contribution in [0.4, 0.5) is 0 Å². The van der Waals surface area contributed by atoms with Crippen molar-refractivity contribution in [1.29, 1.82) is 0 Å². The van der Waals surface area contributed by atoms with E-state index in [4.69, 9.17) is 44.6 Å². The highest BCUT2D eigenvalue weighted by molar-refractivity contribution is 5.52. The van der Waals surface area contributed by atoms with E-state index in [1.807, 2.05) is 12.1 Å². The quantitative estimate of drug-likeness (QED) is 0.233. The number of terminal acetylenes is 4. The summed E-state index contributed by atoms with van der Waals surface area (Å²) in [5.41, 5.74) is 3.04. The van der Waals surface area contributed by atoms with Crippen molar-refractivity contribution in [2.24, 2.45) is 34.5 Å². The van der Waals surface area contributed by atoms with E-state index < -0.39 is 0 Å². The van der Waals surface area contributed by atoms with Crippen molar-refractivity contribution in [3.05, 3.63) is 47.5 Å².